The van der Waals surface area contributed by atoms with Gasteiger partial charge in [-0.2, -0.15) is 5.10 Å². The molecule has 2 N–H and O–H groups in total. The number of rotatable bonds is 8. The molecule has 0 amide bonds. The first-order valence-corrected chi connectivity index (χ1v) is 10.2. The molecule has 1 aliphatic rings. The van der Waals surface area contributed by atoms with E-state index in [4.69, 9.17) is 9.47 Å². The van der Waals surface area contributed by atoms with Gasteiger partial charge in [-0.05, 0) is 26.6 Å². The predicted molar refractivity (Wildman–Crippen MR) is 132 cm³/mol. The molecule has 2 aromatic rings. The number of likely N-dealkylation sites (N-methyl/N-ethyl adjacent to an activating group) is 1. The quantitative estimate of drug-likeness (QED) is 0.299. The molecule has 0 radical (unpaired) electrons. The van der Waals surface area contributed by atoms with Gasteiger partial charge in [-0.15, -0.1) is 24.0 Å². The van der Waals surface area contributed by atoms with Crippen molar-refractivity contribution in [2.24, 2.45) is 4.99 Å². The molecule has 172 valence electrons. The Morgan fingerprint density at radius 3 is 2.77 bits per heavy atom. The molecular formula is C21H34IN7O2. The van der Waals surface area contributed by atoms with Crippen molar-refractivity contribution in [3.05, 3.63) is 41.5 Å². The molecule has 1 aliphatic heterocycles. The number of aromatic nitrogens is 3. The van der Waals surface area contributed by atoms with E-state index in [9.17, 15) is 0 Å². The number of hydrogen-bond donors (Lipinski definition) is 2. The van der Waals surface area contributed by atoms with Crippen LogP contribution < -0.4 is 15.4 Å². The fourth-order valence-corrected chi connectivity index (χ4v) is 3.76. The Morgan fingerprint density at radius 2 is 2.10 bits per heavy atom. The standard InChI is InChI=1S/C21H33N7O2.HI/c1-22-21(23-12-17(27(2)3)16-8-6-7-9-18(16)30-5)24-15-10-11-20-25-19(14-29-4)26-28(20)13-15;/h6-9,15,17H,10-14H2,1-5H3,(H2,22,23,24);1H. The molecule has 9 nitrogen and oxygen atoms in total. The number of guanidine groups is 1. The molecule has 0 bridgehead atoms. The fraction of sp³-hybridized carbons (Fsp3) is 0.571. The van der Waals surface area contributed by atoms with Crippen molar-refractivity contribution in [3.63, 3.8) is 0 Å². The molecule has 10 heteroatoms. The largest absolute Gasteiger partial charge is 0.496 e. The second-order valence-electron chi connectivity index (χ2n) is 7.61. The Hall–Kier alpha value is -1.92. The van der Waals surface area contributed by atoms with Crippen LogP contribution in [0.3, 0.4) is 0 Å². The predicted octanol–water partition coefficient (Wildman–Crippen LogP) is 1.83. The van der Waals surface area contributed by atoms with E-state index in [-0.39, 0.29) is 36.1 Å². The highest BCUT2D eigenvalue weighted by Crippen LogP contribution is 2.27. The maximum absolute atomic E-state index is 5.56. The van der Waals surface area contributed by atoms with Gasteiger partial charge in [0.25, 0.3) is 0 Å². The van der Waals surface area contributed by atoms with Gasteiger partial charge in [0, 0.05) is 38.7 Å². The number of nitrogens with one attached hydrogen (secondary N) is 2. The molecule has 2 unspecified atom stereocenters. The van der Waals surface area contributed by atoms with Crippen LogP contribution in [0, 0.1) is 0 Å². The number of aryl methyl sites for hydroxylation is 1. The Kier molecular flexibility index (Phi) is 9.97. The monoisotopic (exact) mass is 543 g/mol. The molecule has 31 heavy (non-hydrogen) atoms. The van der Waals surface area contributed by atoms with E-state index >= 15 is 0 Å². The van der Waals surface area contributed by atoms with E-state index < -0.39 is 0 Å². The smallest absolute Gasteiger partial charge is 0.191 e. The van der Waals surface area contributed by atoms with Crippen LogP contribution in [-0.4, -0.2) is 73.6 Å². The van der Waals surface area contributed by atoms with Crippen LogP contribution in [0.15, 0.2) is 29.3 Å². The lowest BCUT2D eigenvalue weighted by atomic mass is 10.0. The summed E-state index contributed by atoms with van der Waals surface area (Å²) in [7, 11) is 9.30. The summed E-state index contributed by atoms with van der Waals surface area (Å²) < 4.78 is 12.7. The van der Waals surface area contributed by atoms with Crippen molar-refractivity contribution in [3.8, 4) is 5.75 Å². The second kappa shape index (κ2) is 12.2. The number of methoxy groups -OCH3 is 2. The van der Waals surface area contributed by atoms with E-state index in [1.54, 1.807) is 21.3 Å². The number of nitrogens with zero attached hydrogens (tertiary/aromatic N) is 5. The summed E-state index contributed by atoms with van der Waals surface area (Å²) in [5.41, 5.74) is 1.14. The topological polar surface area (TPSA) is 88.8 Å². The van der Waals surface area contributed by atoms with Gasteiger partial charge in [0.15, 0.2) is 11.8 Å². The fourth-order valence-electron chi connectivity index (χ4n) is 3.76. The summed E-state index contributed by atoms with van der Waals surface area (Å²) in [4.78, 5) is 11.1. The van der Waals surface area contributed by atoms with Crippen LogP contribution >= 0.6 is 24.0 Å². The van der Waals surface area contributed by atoms with Gasteiger partial charge >= 0.3 is 0 Å². The zero-order valence-corrected chi connectivity index (χ0v) is 21.3. The van der Waals surface area contributed by atoms with E-state index in [1.807, 2.05) is 22.9 Å². The van der Waals surface area contributed by atoms with Gasteiger partial charge in [-0.1, -0.05) is 18.2 Å². The van der Waals surface area contributed by atoms with Crippen LogP contribution in [0.1, 0.15) is 29.7 Å². The molecule has 0 spiro atoms. The second-order valence-corrected chi connectivity index (χ2v) is 7.61. The van der Waals surface area contributed by atoms with Gasteiger partial charge in [-0.3, -0.25) is 4.99 Å². The van der Waals surface area contributed by atoms with E-state index in [0.717, 1.165) is 48.3 Å². The average molecular weight is 543 g/mol. The Morgan fingerprint density at radius 1 is 1.32 bits per heavy atom. The zero-order chi connectivity index (χ0) is 21.5. The maximum Gasteiger partial charge on any atom is 0.191 e. The van der Waals surface area contributed by atoms with Crippen molar-refractivity contribution in [1.82, 2.24) is 30.3 Å². The van der Waals surface area contributed by atoms with Crippen molar-refractivity contribution in [2.45, 2.75) is 38.1 Å². The number of halogens is 1. The lowest BCUT2D eigenvalue weighted by molar-refractivity contribution is 0.177. The maximum atomic E-state index is 5.56. The van der Waals surface area contributed by atoms with Crippen molar-refractivity contribution < 1.29 is 9.47 Å². The first kappa shape index (κ1) is 25.3. The average Bonchev–Trinajstić information content (AvgIpc) is 3.15. The summed E-state index contributed by atoms with van der Waals surface area (Å²) in [5, 5.41) is 11.5. The molecule has 0 aliphatic carbocycles. The third kappa shape index (κ3) is 6.53. The van der Waals surface area contributed by atoms with Gasteiger partial charge in [-0.25, -0.2) is 9.67 Å². The van der Waals surface area contributed by atoms with Crippen LogP contribution in [0.2, 0.25) is 0 Å². The molecule has 1 aromatic carbocycles. The number of aliphatic imine (C=N–C) groups is 1. The minimum atomic E-state index is 0. The van der Waals surface area contributed by atoms with Crippen molar-refractivity contribution in [2.75, 3.05) is 41.9 Å². The summed E-state index contributed by atoms with van der Waals surface area (Å²) in [5.74, 6) is 3.43. The van der Waals surface area contributed by atoms with E-state index in [1.165, 1.54) is 0 Å². The third-order valence-corrected chi connectivity index (χ3v) is 5.32. The highest BCUT2D eigenvalue weighted by Gasteiger charge is 2.23. The number of fused-ring (bicyclic) bond motifs is 1. The van der Waals surface area contributed by atoms with Crippen molar-refractivity contribution in [1.29, 1.82) is 0 Å². The van der Waals surface area contributed by atoms with Gasteiger partial charge in [0.2, 0.25) is 0 Å². The van der Waals surface area contributed by atoms with E-state index in [0.29, 0.717) is 13.2 Å². The van der Waals surface area contributed by atoms with Gasteiger partial charge in [0.05, 0.1) is 19.7 Å². The number of hydrogen-bond acceptors (Lipinski definition) is 6. The number of para-hydroxylation sites is 1. The molecule has 0 saturated carbocycles. The van der Waals surface area contributed by atoms with Crippen LogP contribution in [0.5, 0.6) is 5.75 Å². The normalized spacial score (nSPS) is 17.0. The van der Waals surface area contributed by atoms with Crippen LogP contribution in [-0.2, 0) is 24.3 Å². The molecule has 3 rings (SSSR count). The van der Waals surface area contributed by atoms with Crippen LogP contribution in [0.4, 0.5) is 0 Å². The van der Waals surface area contributed by atoms with Crippen LogP contribution in [0.25, 0.3) is 0 Å². The highest BCUT2D eigenvalue weighted by atomic mass is 127. The summed E-state index contributed by atoms with van der Waals surface area (Å²) in [6.07, 6.45) is 1.86. The number of ether oxygens (including phenoxy) is 2. The molecule has 0 fully saturated rings. The summed E-state index contributed by atoms with van der Waals surface area (Å²) in [6.45, 7) is 1.90. The zero-order valence-electron chi connectivity index (χ0n) is 19.0. The lowest BCUT2D eigenvalue weighted by Crippen LogP contribution is -2.48. The van der Waals surface area contributed by atoms with Gasteiger partial charge in [0.1, 0.15) is 18.2 Å². The molecule has 0 saturated heterocycles. The molecule has 2 heterocycles. The Bertz CT molecular complexity index is 856. The minimum Gasteiger partial charge on any atom is -0.496 e. The Labute approximate surface area is 201 Å². The molecule has 2 atom stereocenters. The third-order valence-electron chi connectivity index (χ3n) is 5.32. The van der Waals surface area contributed by atoms with E-state index in [2.05, 4.69) is 50.8 Å². The Balaban J connectivity index is 0.00000341. The van der Waals surface area contributed by atoms with Crippen molar-refractivity contribution >= 4 is 29.9 Å². The highest BCUT2D eigenvalue weighted by molar-refractivity contribution is 14.0. The SMILES string of the molecule is CN=C(NCC(c1ccccc1OC)N(C)C)NC1CCc2nc(COC)nn2C1.I. The molecular weight excluding hydrogens is 509 g/mol. The van der Waals surface area contributed by atoms with Gasteiger partial charge < -0.3 is 25.0 Å². The molecule has 1 aromatic heterocycles. The minimum absolute atomic E-state index is 0. The summed E-state index contributed by atoms with van der Waals surface area (Å²) in [6, 6.07) is 8.51. The summed E-state index contributed by atoms with van der Waals surface area (Å²) >= 11 is 0. The number of benzene rings is 1. The first-order valence-electron chi connectivity index (χ1n) is 10.2. The lowest BCUT2D eigenvalue weighted by Gasteiger charge is -2.29. The first-order chi connectivity index (χ1) is 14.5.